The fraction of sp³-hybridized carbons (Fsp3) is 0.824. The fourth-order valence-electron chi connectivity index (χ4n) is 3.69. The number of anilines is 1. The van der Waals surface area contributed by atoms with E-state index in [4.69, 9.17) is 0 Å². The summed E-state index contributed by atoms with van der Waals surface area (Å²) in [4.78, 5) is 12.8. The molecule has 2 unspecified atom stereocenters. The van der Waals surface area contributed by atoms with Crippen LogP contribution in [-0.4, -0.2) is 39.3 Å². The summed E-state index contributed by atoms with van der Waals surface area (Å²) in [7, 11) is 0. The Bertz CT molecular complexity index is 517. The summed E-state index contributed by atoms with van der Waals surface area (Å²) in [5.74, 6) is 1.44. The van der Waals surface area contributed by atoms with Gasteiger partial charge in [0.1, 0.15) is 6.33 Å². The second kappa shape index (κ2) is 7.34. The molecule has 1 aromatic rings. The van der Waals surface area contributed by atoms with Crippen molar-refractivity contribution in [2.75, 3.05) is 18.1 Å². The predicted octanol–water partition coefficient (Wildman–Crippen LogP) is 3.59. The molecule has 0 bridgehead atoms. The van der Waals surface area contributed by atoms with E-state index < -0.39 is 0 Å². The normalized spacial score (nSPS) is 24.4. The second-order valence-electron chi connectivity index (χ2n) is 8.30. The lowest BCUT2D eigenvalue weighted by Crippen LogP contribution is -2.48. The van der Waals surface area contributed by atoms with Crippen molar-refractivity contribution in [3.8, 4) is 0 Å². The van der Waals surface area contributed by atoms with E-state index in [1.54, 1.807) is 6.33 Å². The van der Waals surface area contributed by atoms with Crippen molar-refractivity contribution in [1.82, 2.24) is 20.3 Å². The van der Waals surface area contributed by atoms with Crippen LogP contribution in [0.5, 0.6) is 0 Å². The number of aromatic nitrogens is 3. The highest BCUT2D eigenvalue weighted by Crippen LogP contribution is 2.38. The average molecular weight is 338 g/mol. The zero-order valence-electron chi connectivity index (χ0n) is 15.3. The van der Waals surface area contributed by atoms with Gasteiger partial charge in [0, 0.05) is 18.1 Å². The van der Waals surface area contributed by atoms with E-state index in [0.29, 0.717) is 17.4 Å². The van der Waals surface area contributed by atoms with Gasteiger partial charge < -0.3 is 10.6 Å². The summed E-state index contributed by atoms with van der Waals surface area (Å²) in [6, 6.07) is 0.593. The van der Waals surface area contributed by atoms with Crippen LogP contribution in [0, 0.1) is 11.3 Å². The van der Waals surface area contributed by atoms with Crippen molar-refractivity contribution >= 4 is 17.7 Å². The van der Waals surface area contributed by atoms with Crippen LogP contribution in [0.2, 0.25) is 0 Å². The third-order valence-corrected chi connectivity index (χ3v) is 4.96. The quantitative estimate of drug-likeness (QED) is 0.774. The number of nitrogens with zero attached hydrogens (tertiary/aromatic N) is 3. The molecule has 1 saturated carbocycles. The number of thioether (sulfide) groups is 1. The third-order valence-electron chi connectivity index (χ3n) is 4.40. The first-order valence-corrected chi connectivity index (χ1v) is 9.66. The molecule has 5 nitrogen and oxygen atoms in total. The second-order valence-corrected chi connectivity index (χ2v) is 9.07. The first kappa shape index (κ1) is 18.5. The molecule has 23 heavy (non-hydrogen) atoms. The van der Waals surface area contributed by atoms with Gasteiger partial charge >= 0.3 is 0 Å². The summed E-state index contributed by atoms with van der Waals surface area (Å²) in [5, 5.41) is 7.93. The molecule has 0 spiro atoms. The Morgan fingerprint density at radius 2 is 2.04 bits per heavy atom. The highest BCUT2D eigenvalue weighted by atomic mass is 32.2. The number of hydrogen-bond acceptors (Lipinski definition) is 6. The highest BCUT2D eigenvalue weighted by molar-refractivity contribution is 7.98. The van der Waals surface area contributed by atoms with Crippen molar-refractivity contribution in [2.45, 2.75) is 70.6 Å². The van der Waals surface area contributed by atoms with E-state index in [9.17, 15) is 0 Å². The number of nitrogens with one attached hydrogen (secondary N) is 2. The molecule has 2 N–H and O–H groups in total. The van der Waals surface area contributed by atoms with Gasteiger partial charge in [0.2, 0.25) is 5.95 Å². The van der Waals surface area contributed by atoms with Crippen LogP contribution in [0.15, 0.2) is 11.5 Å². The van der Waals surface area contributed by atoms with Gasteiger partial charge in [-0.3, -0.25) is 0 Å². The molecule has 0 amide bonds. The van der Waals surface area contributed by atoms with Crippen molar-refractivity contribution in [2.24, 2.45) is 11.3 Å². The van der Waals surface area contributed by atoms with Gasteiger partial charge in [-0.25, -0.2) is 9.97 Å². The Balaban J connectivity index is 1.90. The molecule has 0 saturated heterocycles. The molecule has 1 aromatic heterocycles. The van der Waals surface area contributed by atoms with Gasteiger partial charge in [0.05, 0.1) is 0 Å². The van der Waals surface area contributed by atoms with Crippen molar-refractivity contribution < 1.29 is 0 Å². The van der Waals surface area contributed by atoms with Crippen LogP contribution in [0.1, 0.15) is 53.9 Å². The predicted molar refractivity (Wildman–Crippen MR) is 97.9 cm³/mol. The minimum absolute atomic E-state index is 0.109. The molecular formula is C17H31N5S. The van der Waals surface area contributed by atoms with Gasteiger partial charge in [-0.05, 0) is 50.7 Å². The first-order chi connectivity index (χ1) is 10.7. The number of hydrogen-bond donors (Lipinski definition) is 2. The van der Waals surface area contributed by atoms with E-state index in [1.807, 2.05) is 6.26 Å². The smallest absolute Gasteiger partial charge is 0.227 e. The lowest BCUT2D eigenvalue weighted by Gasteiger charge is -2.40. The first-order valence-electron chi connectivity index (χ1n) is 8.44. The molecule has 130 valence electrons. The van der Waals surface area contributed by atoms with E-state index in [-0.39, 0.29) is 5.54 Å². The Labute approximate surface area is 144 Å². The topological polar surface area (TPSA) is 62.7 Å². The summed E-state index contributed by atoms with van der Waals surface area (Å²) in [5.41, 5.74) is 0.330. The van der Waals surface area contributed by atoms with Gasteiger partial charge in [-0.1, -0.05) is 32.5 Å². The molecule has 0 radical (unpaired) electrons. The van der Waals surface area contributed by atoms with Crippen LogP contribution in [0.3, 0.4) is 0 Å². The molecule has 6 heteroatoms. The monoisotopic (exact) mass is 337 g/mol. The average Bonchev–Trinajstić information content (AvgIpc) is 2.43. The van der Waals surface area contributed by atoms with Crippen molar-refractivity contribution in [3.05, 3.63) is 6.33 Å². The summed E-state index contributed by atoms with van der Waals surface area (Å²) < 4.78 is 0. The molecule has 1 fully saturated rings. The van der Waals surface area contributed by atoms with Gasteiger partial charge in [-0.2, -0.15) is 4.98 Å². The van der Waals surface area contributed by atoms with Crippen LogP contribution in [-0.2, 0) is 0 Å². The van der Waals surface area contributed by atoms with Gasteiger partial charge in [-0.15, -0.1) is 0 Å². The zero-order valence-corrected chi connectivity index (χ0v) is 16.1. The highest BCUT2D eigenvalue weighted by Gasteiger charge is 2.32. The molecule has 2 rings (SSSR count). The van der Waals surface area contributed by atoms with Crippen molar-refractivity contribution in [1.29, 1.82) is 0 Å². The largest absolute Gasteiger partial charge is 0.348 e. The maximum atomic E-state index is 4.41. The SMILES string of the molecule is CSc1ncnc(NC(C)(C)CNC2CC(C)CC(C)(C)C2)n1. The van der Waals surface area contributed by atoms with Crippen LogP contribution < -0.4 is 10.6 Å². The molecule has 0 aromatic carbocycles. The Morgan fingerprint density at radius 3 is 2.70 bits per heavy atom. The summed E-state index contributed by atoms with van der Waals surface area (Å²) in [6.45, 7) is 12.4. The third kappa shape index (κ3) is 5.92. The van der Waals surface area contributed by atoms with Crippen LogP contribution in [0.25, 0.3) is 0 Å². The standard InChI is InChI=1S/C17H31N5S/c1-12-7-13(9-16(2,3)8-12)18-10-17(4,5)22-14-19-11-20-15(21-14)23-6/h11-13,18H,7-10H2,1-6H3,(H,19,20,21,22). The van der Waals surface area contributed by atoms with E-state index >= 15 is 0 Å². The minimum atomic E-state index is -0.109. The Kier molecular flexibility index (Phi) is 5.89. The van der Waals surface area contributed by atoms with Gasteiger partial charge in [0.25, 0.3) is 0 Å². The molecule has 1 heterocycles. The van der Waals surface area contributed by atoms with E-state index in [0.717, 1.165) is 17.6 Å². The maximum absolute atomic E-state index is 4.41. The van der Waals surface area contributed by atoms with Crippen molar-refractivity contribution in [3.63, 3.8) is 0 Å². The molecule has 2 atom stereocenters. The molecule has 0 aliphatic heterocycles. The summed E-state index contributed by atoms with van der Waals surface area (Å²) in [6.07, 6.45) is 7.38. The van der Waals surface area contributed by atoms with E-state index in [1.165, 1.54) is 31.0 Å². The Morgan fingerprint density at radius 1 is 1.30 bits per heavy atom. The van der Waals surface area contributed by atoms with Gasteiger partial charge in [0.15, 0.2) is 5.16 Å². The molecular weight excluding hydrogens is 306 g/mol. The van der Waals surface area contributed by atoms with Crippen LogP contribution >= 0.6 is 11.8 Å². The maximum Gasteiger partial charge on any atom is 0.227 e. The summed E-state index contributed by atoms with van der Waals surface area (Å²) >= 11 is 1.53. The van der Waals surface area contributed by atoms with Crippen LogP contribution in [0.4, 0.5) is 5.95 Å². The minimum Gasteiger partial charge on any atom is -0.348 e. The Hall–Kier alpha value is -0.880. The van der Waals surface area contributed by atoms with E-state index in [2.05, 4.69) is 60.2 Å². The zero-order chi connectivity index (χ0) is 17.1. The lowest BCUT2D eigenvalue weighted by atomic mass is 9.70. The lowest BCUT2D eigenvalue weighted by molar-refractivity contribution is 0.149. The molecule has 1 aliphatic carbocycles. The molecule has 1 aliphatic rings. The fourth-order valence-corrected chi connectivity index (χ4v) is 4.02. The number of rotatable bonds is 6.